The van der Waals surface area contributed by atoms with Gasteiger partial charge in [0.1, 0.15) is 57.5 Å². The van der Waals surface area contributed by atoms with E-state index in [1.165, 1.54) is 9.80 Å². The van der Waals surface area contributed by atoms with E-state index in [0.717, 1.165) is 45.3 Å². The van der Waals surface area contributed by atoms with Gasteiger partial charge < -0.3 is 37.6 Å². The lowest BCUT2D eigenvalue weighted by molar-refractivity contribution is -0.115. The Bertz CT molecular complexity index is 4190. The number of amides is 2. The molecule has 0 atom stereocenters. The van der Waals surface area contributed by atoms with Crippen LogP contribution in [-0.4, -0.2) is 11.8 Å². The summed E-state index contributed by atoms with van der Waals surface area (Å²) in [4.78, 5) is 39.6. The topological polar surface area (TPSA) is 110 Å². The van der Waals surface area contributed by atoms with Gasteiger partial charge in [0.2, 0.25) is 11.8 Å². The molecule has 90 heavy (non-hydrogen) atoms. The molecule has 12 aromatic rings. The molecule has 0 bridgehead atoms. The highest BCUT2D eigenvalue weighted by Crippen LogP contribution is 2.52. The minimum absolute atomic E-state index is 0.189. The van der Waals surface area contributed by atoms with Crippen LogP contribution in [0.2, 0.25) is 0 Å². The fraction of sp³-hybridized carbons (Fsp3) is 0.0513. The van der Waals surface area contributed by atoms with Crippen molar-refractivity contribution in [3.8, 4) is 46.0 Å². The van der Waals surface area contributed by atoms with E-state index in [1.54, 1.807) is 12.1 Å². The van der Waals surface area contributed by atoms with Gasteiger partial charge >= 0.3 is 0 Å². The van der Waals surface area contributed by atoms with Crippen molar-refractivity contribution in [3.05, 3.63) is 324 Å². The van der Waals surface area contributed by atoms with Gasteiger partial charge in [-0.3, -0.25) is 9.59 Å². The molecule has 0 radical (unpaired) electrons. The number of carbonyl (C=O) groups excluding carboxylic acids is 2. The Labute approximate surface area is 521 Å². The van der Waals surface area contributed by atoms with Crippen LogP contribution in [0.3, 0.4) is 0 Å². The fourth-order valence-corrected chi connectivity index (χ4v) is 11.5. The predicted molar refractivity (Wildman–Crippen MR) is 353 cm³/mol. The van der Waals surface area contributed by atoms with Gasteiger partial charge in [0.15, 0.2) is 0 Å². The number of hydrogen-bond donors (Lipinski definition) is 0. The molecule has 0 saturated heterocycles. The normalized spacial score (nSPS) is 12.8. The standard InChI is InChI=1S/C78H58N4O8/c1-51-45-55(49-61(47-51)79(57-27-35-67(36-28-57)87-63-17-9-5-10-18-63)58-29-37-68(38-30-58)88-64-19-11-6-12-20-64)75-73-74(78(84)81(75)71-43-25-53(3)85-71)76(82(77(73)83)72-44-26-54(4)86-72)56-46-52(2)48-62(50-56)80(59-31-39-69(40-32-59)89-65-21-13-7-14-22-65)60-33-41-70(42-34-60)90-66-23-15-8-16-24-66/h5-50H,1-4H3. The summed E-state index contributed by atoms with van der Waals surface area (Å²) in [6.45, 7) is 7.67. The third-order valence-corrected chi connectivity index (χ3v) is 15.4. The molecule has 0 aliphatic carbocycles. The first-order valence-corrected chi connectivity index (χ1v) is 29.5. The average Bonchev–Trinajstić information content (AvgIpc) is 1.54. The lowest BCUT2D eigenvalue weighted by Crippen LogP contribution is -2.29. The molecule has 0 unspecified atom stereocenters. The Balaban J connectivity index is 0.926. The summed E-state index contributed by atoms with van der Waals surface area (Å²) in [5.41, 5.74) is 8.77. The fourth-order valence-electron chi connectivity index (χ4n) is 11.5. The number of anilines is 8. The zero-order valence-electron chi connectivity index (χ0n) is 49.6. The number of para-hydroxylation sites is 4. The molecule has 2 amide bonds. The number of furan rings is 2. The number of ether oxygens (including phenoxy) is 4. The third-order valence-electron chi connectivity index (χ3n) is 15.4. The second kappa shape index (κ2) is 24.0. The van der Waals surface area contributed by atoms with E-state index in [0.29, 0.717) is 80.0 Å². The van der Waals surface area contributed by atoms with E-state index in [2.05, 4.69) is 21.9 Å². The second-order valence-electron chi connectivity index (χ2n) is 21.9. The van der Waals surface area contributed by atoms with Gasteiger partial charge in [-0.2, -0.15) is 0 Å². The zero-order chi connectivity index (χ0) is 61.2. The number of benzene rings is 10. The maximum Gasteiger partial charge on any atom is 0.268 e. The largest absolute Gasteiger partial charge is 0.457 e. The zero-order valence-corrected chi connectivity index (χ0v) is 49.6. The minimum atomic E-state index is -0.450. The summed E-state index contributed by atoms with van der Waals surface area (Å²) >= 11 is 0. The van der Waals surface area contributed by atoms with Crippen molar-refractivity contribution in [1.29, 1.82) is 0 Å². The molecule has 2 aliphatic rings. The molecule has 12 heteroatoms. The molecule has 0 spiro atoms. The van der Waals surface area contributed by atoms with Crippen LogP contribution >= 0.6 is 0 Å². The molecule has 4 heterocycles. The summed E-state index contributed by atoms with van der Waals surface area (Å²) in [6, 6.07) is 89.5. The number of rotatable bonds is 18. The number of aryl methyl sites for hydroxylation is 4. The lowest BCUT2D eigenvalue weighted by Gasteiger charge is -2.28. The smallest absolute Gasteiger partial charge is 0.268 e. The molecule has 2 aliphatic heterocycles. The summed E-state index contributed by atoms with van der Waals surface area (Å²) < 4.78 is 37.8. The molecule has 10 aromatic carbocycles. The van der Waals surface area contributed by atoms with Gasteiger partial charge in [0.25, 0.3) is 11.8 Å². The van der Waals surface area contributed by atoms with Crippen LogP contribution in [0.5, 0.6) is 46.0 Å². The van der Waals surface area contributed by atoms with Gasteiger partial charge in [-0.05, 0) is 233 Å². The Morgan fingerprint density at radius 3 is 0.811 bits per heavy atom. The molecular formula is C78H58N4O8. The van der Waals surface area contributed by atoms with E-state index in [4.69, 9.17) is 27.8 Å². The monoisotopic (exact) mass is 1180 g/mol. The lowest BCUT2D eigenvalue weighted by atomic mass is 9.99. The average molecular weight is 1180 g/mol. The Morgan fingerprint density at radius 1 is 0.289 bits per heavy atom. The molecule has 0 N–H and O–H groups in total. The number of nitrogens with zero attached hydrogens (tertiary/aromatic N) is 4. The van der Waals surface area contributed by atoms with E-state index in [9.17, 15) is 0 Å². The van der Waals surface area contributed by atoms with Crippen molar-refractivity contribution in [2.24, 2.45) is 0 Å². The van der Waals surface area contributed by atoms with Crippen LogP contribution in [0.1, 0.15) is 33.8 Å². The summed E-state index contributed by atoms with van der Waals surface area (Å²) in [6.07, 6.45) is 0. The highest BCUT2D eigenvalue weighted by atomic mass is 16.5. The number of fused-ring (bicyclic) bond motifs is 1. The SMILES string of the molecule is Cc1cc(C2=C3C(=O)N(c4ccc(C)o4)C(c4cc(C)cc(N(c5ccc(Oc6ccccc6)cc5)c5ccc(Oc6ccccc6)cc5)c4)=C3C(=O)N2c2ccc(C)o2)cc(N(c2ccc(Oc3ccccc3)cc2)c2ccc(Oc3ccccc3)cc2)c1. The Morgan fingerprint density at radius 2 is 0.556 bits per heavy atom. The summed E-state index contributed by atoms with van der Waals surface area (Å²) in [5, 5.41) is 0. The molecule has 0 saturated carbocycles. The summed E-state index contributed by atoms with van der Waals surface area (Å²) in [7, 11) is 0. The summed E-state index contributed by atoms with van der Waals surface area (Å²) in [5.74, 6) is 6.30. The van der Waals surface area contributed by atoms with E-state index < -0.39 is 11.8 Å². The van der Waals surface area contributed by atoms with Crippen LogP contribution in [0, 0.1) is 27.7 Å². The molecule has 2 aromatic heterocycles. The van der Waals surface area contributed by atoms with Gasteiger partial charge in [-0.1, -0.05) is 72.8 Å². The highest BCUT2D eigenvalue weighted by Gasteiger charge is 2.51. The van der Waals surface area contributed by atoms with Crippen molar-refractivity contribution in [2.45, 2.75) is 27.7 Å². The van der Waals surface area contributed by atoms with Gasteiger partial charge in [-0.15, -0.1) is 0 Å². The van der Waals surface area contributed by atoms with Crippen molar-refractivity contribution < 1.29 is 37.4 Å². The first kappa shape index (κ1) is 55.8. The van der Waals surface area contributed by atoms with Gasteiger partial charge in [0.05, 0.1) is 22.5 Å². The van der Waals surface area contributed by atoms with Crippen LogP contribution in [-0.2, 0) is 9.59 Å². The van der Waals surface area contributed by atoms with Crippen molar-refractivity contribution >= 4 is 69.1 Å². The van der Waals surface area contributed by atoms with Crippen molar-refractivity contribution in [2.75, 3.05) is 19.6 Å². The quantitative estimate of drug-likeness (QED) is 0.0824. The molecule has 438 valence electrons. The molecule has 12 nitrogen and oxygen atoms in total. The third kappa shape index (κ3) is 11.4. The Kier molecular flexibility index (Phi) is 14.9. The van der Waals surface area contributed by atoms with E-state index in [-0.39, 0.29) is 22.9 Å². The first-order chi connectivity index (χ1) is 44.0. The second-order valence-corrected chi connectivity index (χ2v) is 21.9. The molecule has 14 rings (SSSR count). The first-order valence-electron chi connectivity index (χ1n) is 29.5. The molecule has 0 fully saturated rings. The van der Waals surface area contributed by atoms with Gasteiger partial charge in [-0.25, -0.2) is 9.80 Å². The van der Waals surface area contributed by atoms with Crippen LogP contribution in [0.25, 0.3) is 11.4 Å². The van der Waals surface area contributed by atoms with Crippen molar-refractivity contribution in [1.82, 2.24) is 0 Å². The van der Waals surface area contributed by atoms with Crippen molar-refractivity contribution in [3.63, 3.8) is 0 Å². The number of hydrogen-bond acceptors (Lipinski definition) is 10. The number of carbonyl (C=O) groups is 2. The van der Waals surface area contributed by atoms with E-state index >= 15 is 9.59 Å². The maximum absolute atomic E-state index is 16.1. The van der Waals surface area contributed by atoms with Crippen LogP contribution in [0.15, 0.2) is 299 Å². The Hall–Kier alpha value is -12.0. The predicted octanol–water partition coefficient (Wildman–Crippen LogP) is 20.4. The van der Waals surface area contributed by atoms with Crippen LogP contribution in [0.4, 0.5) is 45.9 Å². The van der Waals surface area contributed by atoms with E-state index in [1.807, 2.05) is 282 Å². The van der Waals surface area contributed by atoms with Gasteiger partial charge in [0, 0.05) is 57.4 Å². The molecular weight excluding hydrogens is 1120 g/mol. The highest BCUT2D eigenvalue weighted by molar-refractivity contribution is 6.41. The van der Waals surface area contributed by atoms with Crippen LogP contribution < -0.4 is 38.5 Å². The maximum atomic E-state index is 16.1. The minimum Gasteiger partial charge on any atom is -0.457 e.